The lowest BCUT2D eigenvalue weighted by Crippen LogP contribution is -2.44. The van der Waals surface area contributed by atoms with Crippen molar-refractivity contribution in [1.82, 2.24) is 15.0 Å². The molecule has 2 aliphatic rings. The molecule has 0 atom stereocenters. The van der Waals surface area contributed by atoms with E-state index in [0.29, 0.717) is 11.2 Å². The van der Waals surface area contributed by atoms with Crippen LogP contribution >= 0.6 is 0 Å². The first-order valence-corrected chi connectivity index (χ1v) is 7.51. The molecule has 0 amide bonds. The van der Waals surface area contributed by atoms with Gasteiger partial charge >= 0.3 is 0 Å². The van der Waals surface area contributed by atoms with E-state index in [0.717, 1.165) is 50.7 Å². The third-order valence-corrected chi connectivity index (χ3v) is 4.48. The zero-order valence-electron chi connectivity index (χ0n) is 12.0. The molecule has 2 aromatic rings. The second-order valence-corrected chi connectivity index (χ2v) is 6.15. The first-order valence-electron chi connectivity index (χ1n) is 7.51. The van der Waals surface area contributed by atoms with Crippen molar-refractivity contribution < 1.29 is 9.26 Å². The fourth-order valence-corrected chi connectivity index (χ4v) is 3.16. The normalized spacial score (nSPS) is 20.8. The number of ether oxygens (including phenoxy) is 1. The molecule has 0 unspecified atom stereocenters. The Hall–Kier alpha value is -1.72. The zero-order chi connectivity index (χ0) is 14.1. The Balaban J connectivity index is 1.35. The van der Waals surface area contributed by atoms with Gasteiger partial charge in [-0.15, -0.1) is 0 Å². The molecule has 110 valence electrons. The number of hydrogen-bond donors (Lipinski definition) is 0. The van der Waals surface area contributed by atoms with Crippen LogP contribution in [0.2, 0.25) is 0 Å². The van der Waals surface area contributed by atoms with Crippen LogP contribution in [0.3, 0.4) is 0 Å². The highest BCUT2D eigenvalue weighted by molar-refractivity contribution is 5.53. The van der Waals surface area contributed by atoms with Crippen LogP contribution in [-0.4, -0.2) is 47.9 Å². The SMILES string of the molecule is c1ccc(-c2noc(CCN3CCC4(COC4)C3)n2)cc1. The summed E-state index contributed by atoms with van der Waals surface area (Å²) in [4.78, 5) is 6.96. The zero-order valence-corrected chi connectivity index (χ0v) is 12.0. The van der Waals surface area contributed by atoms with Crippen molar-refractivity contribution in [3.05, 3.63) is 36.2 Å². The molecule has 2 aliphatic heterocycles. The van der Waals surface area contributed by atoms with E-state index in [1.54, 1.807) is 0 Å². The number of hydrogen-bond acceptors (Lipinski definition) is 5. The van der Waals surface area contributed by atoms with Gasteiger partial charge in [0.25, 0.3) is 0 Å². The van der Waals surface area contributed by atoms with Gasteiger partial charge in [0.1, 0.15) is 0 Å². The maximum absolute atomic E-state index is 5.36. The summed E-state index contributed by atoms with van der Waals surface area (Å²) in [5.74, 6) is 1.40. The maximum atomic E-state index is 5.36. The molecule has 0 saturated carbocycles. The number of nitrogens with zero attached hydrogens (tertiary/aromatic N) is 3. The van der Waals surface area contributed by atoms with Crippen molar-refractivity contribution in [1.29, 1.82) is 0 Å². The third kappa shape index (κ3) is 2.59. The Labute approximate surface area is 123 Å². The first-order chi connectivity index (χ1) is 10.3. The standard InChI is InChI=1S/C16H19N3O2/c1-2-4-13(5-3-1)15-17-14(21-18-15)6-8-19-9-7-16(10-19)11-20-12-16/h1-5H,6-12H2. The van der Waals surface area contributed by atoms with E-state index in [-0.39, 0.29) is 0 Å². The Bertz CT molecular complexity index is 607. The third-order valence-electron chi connectivity index (χ3n) is 4.48. The van der Waals surface area contributed by atoms with E-state index < -0.39 is 0 Å². The fourth-order valence-electron chi connectivity index (χ4n) is 3.16. The van der Waals surface area contributed by atoms with Gasteiger partial charge < -0.3 is 14.2 Å². The van der Waals surface area contributed by atoms with E-state index in [1.807, 2.05) is 30.3 Å². The molecule has 21 heavy (non-hydrogen) atoms. The van der Waals surface area contributed by atoms with Crippen LogP contribution in [0.1, 0.15) is 12.3 Å². The molecule has 0 bridgehead atoms. The highest BCUT2D eigenvalue weighted by Gasteiger charge is 2.44. The molecule has 0 aliphatic carbocycles. The maximum Gasteiger partial charge on any atom is 0.228 e. The molecule has 5 nitrogen and oxygen atoms in total. The molecule has 0 N–H and O–H groups in total. The molecule has 3 heterocycles. The van der Waals surface area contributed by atoms with Crippen LogP contribution in [0.25, 0.3) is 11.4 Å². The summed E-state index contributed by atoms with van der Waals surface area (Å²) in [7, 11) is 0. The van der Waals surface area contributed by atoms with Crippen molar-refractivity contribution in [3.63, 3.8) is 0 Å². The summed E-state index contributed by atoms with van der Waals surface area (Å²) in [6.07, 6.45) is 2.07. The number of benzene rings is 1. The lowest BCUT2D eigenvalue weighted by molar-refractivity contribution is -0.104. The molecule has 4 rings (SSSR count). The molecule has 2 saturated heterocycles. The molecular weight excluding hydrogens is 266 g/mol. The number of aromatic nitrogens is 2. The largest absolute Gasteiger partial charge is 0.380 e. The predicted octanol–water partition coefficient (Wildman–Crippen LogP) is 2.00. The lowest BCUT2D eigenvalue weighted by atomic mass is 9.85. The van der Waals surface area contributed by atoms with Gasteiger partial charge in [-0.3, -0.25) is 0 Å². The Morgan fingerprint density at radius 2 is 2.05 bits per heavy atom. The average Bonchev–Trinajstić information content (AvgIpc) is 3.13. The number of rotatable bonds is 4. The van der Waals surface area contributed by atoms with Crippen LogP contribution in [0, 0.1) is 5.41 Å². The van der Waals surface area contributed by atoms with Crippen molar-refractivity contribution >= 4 is 0 Å². The Kier molecular flexibility index (Phi) is 3.24. The molecule has 1 spiro atoms. The molecule has 5 heteroatoms. The van der Waals surface area contributed by atoms with Crippen LogP contribution in [0.4, 0.5) is 0 Å². The van der Waals surface area contributed by atoms with E-state index in [1.165, 1.54) is 6.42 Å². The van der Waals surface area contributed by atoms with E-state index in [2.05, 4.69) is 15.0 Å². The summed E-state index contributed by atoms with van der Waals surface area (Å²) >= 11 is 0. The van der Waals surface area contributed by atoms with Gasteiger partial charge in [-0.2, -0.15) is 4.98 Å². The van der Waals surface area contributed by atoms with Crippen LogP contribution in [0.15, 0.2) is 34.9 Å². The monoisotopic (exact) mass is 285 g/mol. The molecule has 1 aromatic carbocycles. The number of likely N-dealkylation sites (tertiary alicyclic amines) is 1. The van der Waals surface area contributed by atoms with Crippen LogP contribution in [0.5, 0.6) is 0 Å². The minimum Gasteiger partial charge on any atom is -0.380 e. The minimum absolute atomic E-state index is 0.448. The molecule has 1 aromatic heterocycles. The van der Waals surface area contributed by atoms with E-state index in [4.69, 9.17) is 9.26 Å². The van der Waals surface area contributed by atoms with Crippen molar-refractivity contribution in [2.45, 2.75) is 12.8 Å². The van der Waals surface area contributed by atoms with E-state index >= 15 is 0 Å². The highest BCUT2D eigenvalue weighted by atomic mass is 16.5. The quantitative estimate of drug-likeness (QED) is 0.860. The Morgan fingerprint density at radius 1 is 1.19 bits per heavy atom. The summed E-state index contributed by atoms with van der Waals surface area (Å²) in [5, 5.41) is 4.06. The average molecular weight is 285 g/mol. The van der Waals surface area contributed by atoms with Crippen LogP contribution in [-0.2, 0) is 11.2 Å². The smallest absolute Gasteiger partial charge is 0.228 e. The second-order valence-electron chi connectivity index (χ2n) is 6.15. The van der Waals surface area contributed by atoms with Crippen LogP contribution < -0.4 is 0 Å². The highest BCUT2D eigenvalue weighted by Crippen LogP contribution is 2.37. The van der Waals surface area contributed by atoms with Crippen molar-refractivity contribution in [3.8, 4) is 11.4 Å². The van der Waals surface area contributed by atoms with Gasteiger partial charge in [0, 0.05) is 30.5 Å². The minimum atomic E-state index is 0.448. The fraction of sp³-hybridized carbons (Fsp3) is 0.500. The molecule has 2 fully saturated rings. The van der Waals surface area contributed by atoms with Crippen molar-refractivity contribution in [2.24, 2.45) is 5.41 Å². The lowest BCUT2D eigenvalue weighted by Gasteiger charge is -2.37. The predicted molar refractivity (Wildman–Crippen MR) is 77.7 cm³/mol. The molecule has 0 radical (unpaired) electrons. The van der Waals surface area contributed by atoms with Gasteiger partial charge in [0.15, 0.2) is 0 Å². The van der Waals surface area contributed by atoms with Gasteiger partial charge in [-0.05, 0) is 13.0 Å². The summed E-state index contributed by atoms with van der Waals surface area (Å²) in [5.41, 5.74) is 1.45. The van der Waals surface area contributed by atoms with Gasteiger partial charge in [-0.1, -0.05) is 35.5 Å². The topological polar surface area (TPSA) is 51.4 Å². The van der Waals surface area contributed by atoms with E-state index in [9.17, 15) is 0 Å². The summed E-state index contributed by atoms with van der Waals surface area (Å²) in [6.45, 7) is 5.15. The molecular formula is C16H19N3O2. The summed E-state index contributed by atoms with van der Waals surface area (Å²) in [6, 6.07) is 9.94. The van der Waals surface area contributed by atoms with Crippen molar-refractivity contribution in [2.75, 3.05) is 32.8 Å². The van der Waals surface area contributed by atoms with Gasteiger partial charge in [0.2, 0.25) is 11.7 Å². The van der Waals surface area contributed by atoms with Gasteiger partial charge in [-0.25, -0.2) is 0 Å². The first kappa shape index (κ1) is 13.0. The van der Waals surface area contributed by atoms with Gasteiger partial charge in [0.05, 0.1) is 13.2 Å². The Morgan fingerprint density at radius 3 is 2.76 bits per heavy atom. The second kappa shape index (κ2) is 5.24. The summed E-state index contributed by atoms with van der Waals surface area (Å²) < 4.78 is 10.7.